The Labute approximate surface area is 209 Å². The number of nitrogens with zero attached hydrogens (tertiary/aromatic N) is 2. The summed E-state index contributed by atoms with van der Waals surface area (Å²) in [5.41, 5.74) is 4.92. The molecule has 36 heavy (non-hydrogen) atoms. The fraction of sp³-hybridized carbons (Fsp3) is 0.0667. The van der Waals surface area contributed by atoms with E-state index in [9.17, 15) is 14.7 Å². The molecule has 0 aliphatic carbocycles. The maximum absolute atomic E-state index is 12.8. The second-order valence-electron chi connectivity index (χ2n) is 8.18. The summed E-state index contributed by atoms with van der Waals surface area (Å²) in [6, 6.07) is 29.6. The van der Waals surface area contributed by atoms with E-state index in [0.717, 1.165) is 16.7 Å². The highest BCUT2D eigenvalue weighted by Gasteiger charge is 2.15. The molecule has 0 bridgehead atoms. The Morgan fingerprint density at radius 3 is 2.39 bits per heavy atom. The highest BCUT2D eigenvalue weighted by atomic mass is 16.4. The zero-order chi connectivity index (χ0) is 25.3. The largest absolute Gasteiger partial charge is 0.478 e. The summed E-state index contributed by atoms with van der Waals surface area (Å²) in [6.45, 7) is 1.97. The summed E-state index contributed by atoms with van der Waals surface area (Å²) >= 11 is 0. The van der Waals surface area contributed by atoms with Gasteiger partial charge in [0, 0.05) is 29.9 Å². The number of rotatable bonds is 8. The predicted molar refractivity (Wildman–Crippen MR) is 141 cm³/mol. The van der Waals surface area contributed by atoms with Crippen LogP contribution in [0.4, 0.5) is 5.69 Å². The van der Waals surface area contributed by atoms with Gasteiger partial charge in [-0.2, -0.15) is 0 Å². The van der Waals surface area contributed by atoms with Crippen LogP contribution < -0.4 is 5.32 Å². The van der Waals surface area contributed by atoms with E-state index >= 15 is 0 Å². The molecule has 0 radical (unpaired) electrons. The Kier molecular flexibility index (Phi) is 7.78. The smallest absolute Gasteiger partial charge is 0.333 e. The Morgan fingerprint density at radius 2 is 1.67 bits per heavy atom. The molecular weight excluding hydrogens is 450 g/mol. The molecular formula is C30H25N3O3. The molecule has 0 atom stereocenters. The summed E-state index contributed by atoms with van der Waals surface area (Å²) in [4.78, 5) is 33.6. The van der Waals surface area contributed by atoms with Crippen molar-refractivity contribution >= 4 is 23.3 Å². The van der Waals surface area contributed by atoms with Gasteiger partial charge in [0.05, 0.1) is 17.0 Å². The molecule has 3 aromatic carbocycles. The quantitative estimate of drug-likeness (QED) is 0.253. The van der Waals surface area contributed by atoms with E-state index in [1.54, 1.807) is 30.5 Å². The van der Waals surface area contributed by atoms with Crippen molar-refractivity contribution in [2.45, 2.75) is 13.3 Å². The molecule has 6 heteroatoms. The summed E-state index contributed by atoms with van der Waals surface area (Å²) in [5, 5.41) is 12.8. The number of benzene rings is 3. The number of aliphatic carboxylic acids is 1. The van der Waals surface area contributed by atoms with Crippen LogP contribution in [0.15, 0.2) is 120 Å². The van der Waals surface area contributed by atoms with Gasteiger partial charge in [0.15, 0.2) is 0 Å². The lowest BCUT2D eigenvalue weighted by Gasteiger charge is -2.13. The minimum absolute atomic E-state index is 0.157. The van der Waals surface area contributed by atoms with Crippen LogP contribution in [-0.4, -0.2) is 27.7 Å². The minimum atomic E-state index is -1.04. The zero-order valence-corrected chi connectivity index (χ0v) is 19.8. The van der Waals surface area contributed by atoms with Crippen LogP contribution in [0.25, 0.3) is 0 Å². The molecule has 1 amide bonds. The maximum Gasteiger partial charge on any atom is 0.333 e. The third-order valence-corrected chi connectivity index (χ3v) is 5.48. The van der Waals surface area contributed by atoms with Crippen LogP contribution in [0.5, 0.6) is 0 Å². The number of amides is 1. The lowest BCUT2D eigenvalue weighted by atomic mass is 10.00. The third kappa shape index (κ3) is 6.18. The lowest BCUT2D eigenvalue weighted by molar-refractivity contribution is -0.132. The third-order valence-electron chi connectivity index (χ3n) is 5.48. The van der Waals surface area contributed by atoms with Crippen molar-refractivity contribution in [1.29, 1.82) is 0 Å². The van der Waals surface area contributed by atoms with E-state index in [0.29, 0.717) is 17.0 Å². The van der Waals surface area contributed by atoms with Crippen molar-refractivity contribution in [3.05, 3.63) is 143 Å². The molecule has 1 heterocycles. The van der Waals surface area contributed by atoms with Crippen molar-refractivity contribution in [3.8, 4) is 0 Å². The molecule has 0 spiro atoms. The molecule has 0 saturated heterocycles. The molecule has 2 N–H and O–H groups in total. The molecule has 4 rings (SSSR count). The van der Waals surface area contributed by atoms with E-state index in [4.69, 9.17) is 0 Å². The molecule has 0 saturated carbocycles. The Bertz CT molecular complexity index is 1430. The van der Waals surface area contributed by atoms with Gasteiger partial charge in [-0.15, -0.1) is 0 Å². The second-order valence-corrected chi connectivity index (χ2v) is 8.18. The molecule has 0 aliphatic heterocycles. The number of para-hydroxylation sites is 1. The van der Waals surface area contributed by atoms with Gasteiger partial charge in [-0.05, 0) is 30.7 Å². The van der Waals surface area contributed by atoms with Gasteiger partial charge in [-0.3, -0.25) is 14.8 Å². The second kappa shape index (κ2) is 11.5. The normalized spacial score (nSPS) is 11.7. The topological polar surface area (TPSA) is 91.7 Å². The molecule has 0 fully saturated rings. The van der Waals surface area contributed by atoms with Gasteiger partial charge in [-0.25, -0.2) is 4.79 Å². The lowest BCUT2D eigenvalue weighted by Crippen LogP contribution is -2.16. The number of aliphatic imine (C=N–C) groups is 1. The van der Waals surface area contributed by atoms with Crippen LogP contribution in [-0.2, 0) is 11.2 Å². The van der Waals surface area contributed by atoms with E-state index in [1.165, 1.54) is 6.20 Å². The van der Waals surface area contributed by atoms with Crippen molar-refractivity contribution in [2.75, 3.05) is 5.32 Å². The van der Waals surface area contributed by atoms with Gasteiger partial charge in [0.1, 0.15) is 5.69 Å². The number of carbonyl (C=O) groups excluding carboxylic acids is 1. The van der Waals surface area contributed by atoms with E-state index < -0.39 is 5.97 Å². The summed E-state index contributed by atoms with van der Waals surface area (Å²) in [7, 11) is 0. The van der Waals surface area contributed by atoms with Gasteiger partial charge in [0.2, 0.25) is 0 Å². The van der Waals surface area contributed by atoms with Crippen molar-refractivity contribution in [2.24, 2.45) is 4.99 Å². The number of hydrogen-bond donors (Lipinski definition) is 2. The highest BCUT2D eigenvalue weighted by Crippen LogP contribution is 2.22. The molecule has 1 aromatic heterocycles. The number of anilines is 1. The number of aryl methyl sites for hydroxylation is 1. The summed E-state index contributed by atoms with van der Waals surface area (Å²) in [5.74, 6) is -1.39. The first kappa shape index (κ1) is 24.3. The van der Waals surface area contributed by atoms with Crippen LogP contribution in [0.1, 0.15) is 32.7 Å². The first-order valence-corrected chi connectivity index (χ1v) is 11.4. The standard InChI is InChI=1S/C30H25N3O3/c1-21-10-9-11-22(18-21)19-24(30(35)36)20-32-28(23-12-3-2-4-13-23)25-14-5-6-15-26(25)33-29(34)27-16-7-8-17-31-27/h2-18,20H,19H2,1H3,(H,33,34)(H,35,36)/b24-20-,32-28?. The SMILES string of the molecule is Cc1cccc(C/C(=C/N=C(c2ccccc2)c2ccccc2NC(=O)c2ccccn2)C(=O)O)c1. The summed E-state index contributed by atoms with van der Waals surface area (Å²) in [6.07, 6.45) is 3.19. The molecule has 4 aromatic rings. The molecule has 6 nitrogen and oxygen atoms in total. The van der Waals surface area contributed by atoms with Crippen LogP contribution in [0.3, 0.4) is 0 Å². The predicted octanol–water partition coefficient (Wildman–Crippen LogP) is 5.69. The summed E-state index contributed by atoms with van der Waals surface area (Å²) < 4.78 is 0. The van der Waals surface area contributed by atoms with Gasteiger partial charge in [0.25, 0.3) is 5.91 Å². The number of hydrogen-bond acceptors (Lipinski definition) is 4. The van der Waals surface area contributed by atoms with Crippen molar-refractivity contribution in [3.63, 3.8) is 0 Å². The minimum Gasteiger partial charge on any atom is -0.478 e. The molecule has 0 aliphatic rings. The van der Waals surface area contributed by atoms with Gasteiger partial charge in [-0.1, -0.05) is 84.4 Å². The van der Waals surface area contributed by atoms with Gasteiger partial charge >= 0.3 is 5.97 Å². The van der Waals surface area contributed by atoms with Gasteiger partial charge < -0.3 is 10.4 Å². The van der Waals surface area contributed by atoms with E-state index in [1.807, 2.05) is 79.7 Å². The van der Waals surface area contributed by atoms with E-state index in [2.05, 4.69) is 15.3 Å². The van der Waals surface area contributed by atoms with Crippen molar-refractivity contribution in [1.82, 2.24) is 4.98 Å². The Hall–Kier alpha value is -4.84. The number of carboxylic acid groups (broad SMARTS) is 1. The molecule has 0 unspecified atom stereocenters. The number of pyridine rings is 1. The average molecular weight is 476 g/mol. The fourth-order valence-electron chi connectivity index (χ4n) is 3.74. The van der Waals surface area contributed by atoms with E-state index in [-0.39, 0.29) is 23.6 Å². The molecule has 178 valence electrons. The number of aromatic nitrogens is 1. The average Bonchev–Trinajstić information content (AvgIpc) is 2.90. The van der Waals surface area contributed by atoms with Crippen LogP contribution >= 0.6 is 0 Å². The monoisotopic (exact) mass is 475 g/mol. The van der Waals surface area contributed by atoms with Crippen LogP contribution in [0, 0.1) is 6.92 Å². The Balaban J connectivity index is 1.75. The fourth-order valence-corrected chi connectivity index (χ4v) is 3.74. The maximum atomic E-state index is 12.8. The first-order valence-electron chi connectivity index (χ1n) is 11.4. The number of carbonyl (C=O) groups is 2. The number of carboxylic acids is 1. The van der Waals surface area contributed by atoms with Crippen molar-refractivity contribution < 1.29 is 14.7 Å². The Morgan fingerprint density at radius 1 is 0.917 bits per heavy atom. The van der Waals surface area contributed by atoms with Crippen LogP contribution in [0.2, 0.25) is 0 Å². The zero-order valence-electron chi connectivity index (χ0n) is 19.8. The highest BCUT2D eigenvalue weighted by molar-refractivity contribution is 6.18. The number of nitrogens with one attached hydrogen (secondary N) is 1. The first-order chi connectivity index (χ1) is 17.5.